The van der Waals surface area contributed by atoms with Crippen molar-refractivity contribution in [1.29, 1.82) is 0 Å². The molecule has 0 fully saturated rings. The van der Waals surface area contributed by atoms with Crippen LogP contribution in [0.2, 0.25) is 0 Å². The molecule has 0 saturated carbocycles. The third-order valence-corrected chi connectivity index (χ3v) is 3.19. The maximum absolute atomic E-state index is 11.0. The lowest BCUT2D eigenvalue weighted by Gasteiger charge is -2.07. The van der Waals surface area contributed by atoms with Gasteiger partial charge in [0, 0.05) is 6.07 Å². The zero-order chi connectivity index (χ0) is 16.7. The lowest BCUT2D eigenvalue weighted by atomic mass is 10.1. The van der Waals surface area contributed by atoms with Gasteiger partial charge in [-0.2, -0.15) is 5.10 Å². The van der Waals surface area contributed by atoms with E-state index >= 15 is 0 Å². The largest absolute Gasteiger partial charge is 0.494 e. The molecule has 0 bridgehead atoms. The van der Waals surface area contributed by atoms with Crippen molar-refractivity contribution in [3.63, 3.8) is 0 Å². The second-order valence-corrected chi connectivity index (χ2v) is 4.96. The first kappa shape index (κ1) is 16.5. The van der Waals surface area contributed by atoms with Crippen molar-refractivity contribution in [1.82, 2.24) is 0 Å². The van der Waals surface area contributed by atoms with Crippen molar-refractivity contribution in [2.24, 2.45) is 5.10 Å². The van der Waals surface area contributed by atoms with Crippen LogP contribution in [0.5, 0.6) is 5.75 Å². The number of hydrogen-bond acceptors (Lipinski definition) is 5. The highest BCUT2D eigenvalue weighted by molar-refractivity contribution is 5.99. The first-order chi connectivity index (χ1) is 11.1. The zero-order valence-electron chi connectivity index (χ0n) is 13.2. The van der Waals surface area contributed by atoms with Gasteiger partial charge in [-0.3, -0.25) is 15.5 Å². The SMILES string of the molecule is CCCOc1ccc(/C(C)=N\Nc2ccccc2[N+](=O)[O-])cc1. The van der Waals surface area contributed by atoms with E-state index in [0.717, 1.165) is 23.4 Å². The van der Waals surface area contributed by atoms with Crippen molar-refractivity contribution >= 4 is 17.1 Å². The summed E-state index contributed by atoms with van der Waals surface area (Å²) < 4.78 is 5.53. The average molecular weight is 313 g/mol. The third-order valence-electron chi connectivity index (χ3n) is 3.19. The predicted molar refractivity (Wildman–Crippen MR) is 91.2 cm³/mol. The quantitative estimate of drug-likeness (QED) is 0.471. The number of nitro groups is 1. The van der Waals surface area contributed by atoms with Crippen LogP contribution in [0.25, 0.3) is 0 Å². The molecule has 120 valence electrons. The zero-order valence-corrected chi connectivity index (χ0v) is 13.2. The number of hydrazone groups is 1. The van der Waals surface area contributed by atoms with E-state index in [-0.39, 0.29) is 5.69 Å². The van der Waals surface area contributed by atoms with E-state index in [1.54, 1.807) is 18.2 Å². The summed E-state index contributed by atoms with van der Waals surface area (Å²) in [5.41, 5.74) is 4.75. The maximum Gasteiger partial charge on any atom is 0.294 e. The number of hydrogen-bond donors (Lipinski definition) is 1. The number of nitrogens with zero attached hydrogens (tertiary/aromatic N) is 2. The minimum absolute atomic E-state index is 0.00707. The summed E-state index contributed by atoms with van der Waals surface area (Å²) in [5.74, 6) is 0.815. The van der Waals surface area contributed by atoms with Crippen molar-refractivity contribution in [3.05, 3.63) is 64.2 Å². The van der Waals surface area contributed by atoms with Crippen LogP contribution < -0.4 is 10.2 Å². The average Bonchev–Trinajstić information content (AvgIpc) is 2.58. The van der Waals surface area contributed by atoms with E-state index in [1.807, 2.05) is 31.2 Å². The number of rotatable bonds is 7. The molecule has 0 unspecified atom stereocenters. The predicted octanol–water partition coefficient (Wildman–Crippen LogP) is 4.22. The molecule has 0 aliphatic heterocycles. The van der Waals surface area contributed by atoms with Crippen LogP contribution in [0.1, 0.15) is 25.8 Å². The van der Waals surface area contributed by atoms with Crippen LogP contribution in [0.4, 0.5) is 11.4 Å². The Bertz CT molecular complexity index is 696. The van der Waals surface area contributed by atoms with Crippen molar-refractivity contribution in [2.75, 3.05) is 12.0 Å². The van der Waals surface area contributed by atoms with Gasteiger partial charge in [-0.15, -0.1) is 0 Å². The second kappa shape index (κ2) is 7.93. The summed E-state index contributed by atoms with van der Waals surface area (Å²) >= 11 is 0. The van der Waals surface area contributed by atoms with Gasteiger partial charge in [-0.1, -0.05) is 19.1 Å². The molecular weight excluding hydrogens is 294 g/mol. The van der Waals surface area contributed by atoms with Gasteiger partial charge in [0.2, 0.25) is 0 Å². The number of anilines is 1. The molecule has 2 rings (SSSR count). The number of ether oxygens (including phenoxy) is 1. The Balaban J connectivity index is 2.10. The van der Waals surface area contributed by atoms with Crippen LogP contribution in [0.3, 0.4) is 0 Å². The minimum atomic E-state index is -0.437. The summed E-state index contributed by atoms with van der Waals surface area (Å²) in [6, 6.07) is 14.0. The lowest BCUT2D eigenvalue weighted by Crippen LogP contribution is -2.02. The lowest BCUT2D eigenvalue weighted by molar-refractivity contribution is -0.384. The standard InChI is InChI=1S/C17H19N3O3/c1-3-12-23-15-10-8-14(9-11-15)13(2)18-19-16-6-4-5-7-17(16)20(21)22/h4-11,19H,3,12H2,1-2H3/b18-13-. The van der Waals surface area contributed by atoms with Crippen molar-refractivity contribution in [3.8, 4) is 5.75 Å². The van der Waals surface area contributed by atoms with E-state index in [0.29, 0.717) is 12.3 Å². The van der Waals surface area contributed by atoms with Gasteiger partial charge in [0.25, 0.3) is 5.69 Å². The Labute approximate surface area is 134 Å². The summed E-state index contributed by atoms with van der Waals surface area (Å²) in [4.78, 5) is 10.5. The molecule has 0 saturated heterocycles. The molecule has 6 nitrogen and oxygen atoms in total. The molecule has 0 aromatic heterocycles. The molecule has 2 aromatic carbocycles. The van der Waals surface area contributed by atoms with E-state index in [1.165, 1.54) is 6.07 Å². The summed E-state index contributed by atoms with van der Waals surface area (Å²) in [5, 5.41) is 15.2. The Kier molecular flexibility index (Phi) is 5.68. The minimum Gasteiger partial charge on any atom is -0.494 e. The van der Waals surface area contributed by atoms with Crippen LogP contribution in [0, 0.1) is 10.1 Å². The molecule has 0 aliphatic rings. The summed E-state index contributed by atoms with van der Waals surface area (Å²) in [6.45, 7) is 4.58. The van der Waals surface area contributed by atoms with Gasteiger partial charge >= 0.3 is 0 Å². The molecule has 0 heterocycles. The molecule has 6 heteroatoms. The fraction of sp³-hybridized carbons (Fsp3) is 0.235. The Morgan fingerprint density at radius 1 is 1.22 bits per heavy atom. The first-order valence-corrected chi connectivity index (χ1v) is 7.38. The van der Waals surface area contributed by atoms with Crippen LogP contribution >= 0.6 is 0 Å². The van der Waals surface area contributed by atoms with E-state index in [4.69, 9.17) is 4.74 Å². The smallest absolute Gasteiger partial charge is 0.294 e. The second-order valence-electron chi connectivity index (χ2n) is 4.96. The number of nitrogens with one attached hydrogen (secondary N) is 1. The van der Waals surface area contributed by atoms with Gasteiger partial charge < -0.3 is 4.74 Å². The number of nitro benzene ring substituents is 1. The summed E-state index contributed by atoms with van der Waals surface area (Å²) in [6.07, 6.45) is 0.960. The van der Waals surface area contributed by atoms with E-state index in [2.05, 4.69) is 17.5 Å². The highest BCUT2D eigenvalue weighted by atomic mass is 16.6. The third kappa shape index (κ3) is 4.54. The van der Waals surface area contributed by atoms with Crippen LogP contribution in [-0.2, 0) is 0 Å². The van der Waals surface area contributed by atoms with Gasteiger partial charge in [-0.05, 0) is 49.2 Å². The van der Waals surface area contributed by atoms with E-state index < -0.39 is 4.92 Å². The molecular formula is C17H19N3O3. The van der Waals surface area contributed by atoms with Gasteiger partial charge in [0.05, 0.1) is 17.2 Å². The first-order valence-electron chi connectivity index (χ1n) is 7.38. The normalized spacial score (nSPS) is 11.1. The van der Waals surface area contributed by atoms with E-state index in [9.17, 15) is 10.1 Å². The fourth-order valence-electron chi connectivity index (χ4n) is 1.95. The van der Waals surface area contributed by atoms with Gasteiger partial charge in [0.1, 0.15) is 11.4 Å². The molecule has 0 spiro atoms. The number of para-hydroxylation sites is 2. The molecule has 0 amide bonds. The fourth-order valence-corrected chi connectivity index (χ4v) is 1.95. The summed E-state index contributed by atoms with van der Waals surface area (Å²) in [7, 11) is 0. The molecule has 0 atom stereocenters. The Morgan fingerprint density at radius 2 is 1.91 bits per heavy atom. The highest BCUT2D eigenvalue weighted by Crippen LogP contribution is 2.23. The molecule has 0 aliphatic carbocycles. The molecule has 1 N–H and O–H groups in total. The Morgan fingerprint density at radius 3 is 2.57 bits per heavy atom. The Hall–Kier alpha value is -2.89. The van der Waals surface area contributed by atoms with Gasteiger partial charge in [0.15, 0.2) is 0 Å². The topological polar surface area (TPSA) is 76.8 Å². The van der Waals surface area contributed by atoms with Crippen LogP contribution in [0.15, 0.2) is 53.6 Å². The molecule has 2 aromatic rings. The molecule has 0 radical (unpaired) electrons. The molecule has 23 heavy (non-hydrogen) atoms. The maximum atomic E-state index is 11.0. The van der Waals surface area contributed by atoms with Crippen LogP contribution in [-0.4, -0.2) is 17.2 Å². The van der Waals surface area contributed by atoms with Crippen molar-refractivity contribution < 1.29 is 9.66 Å². The van der Waals surface area contributed by atoms with Crippen molar-refractivity contribution in [2.45, 2.75) is 20.3 Å². The highest BCUT2D eigenvalue weighted by Gasteiger charge is 2.11. The number of benzene rings is 2. The monoisotopic (exact) mass is 313 g/mol. The van der Waals surface area contributed by atoms with Gasteiger partial charge in [-0.25, -0.2) is 0 Å².